The highest BCUT2D eigenvalue weighted by Gasteiger charge is 2.22. The van der Waals surface area contributed by atoms with Crippen molar-refractivity contribution in [2.45, 2.75) is 0 Å². The van der Waals surface area contributed by atoms with E-state index in [0.717, 1.165) is 17.1 Å². The second-order valence-corrected chi connectivity index (χ2v) is 5.39. The van der Waals surface area contributed by atoms with Crippen LogP contribution < -0.4 is 19.1 Å². The van der Waals surface area contributed by atoms with Gasteiger partial charge in [0.2, 0.25) is 0 Å². The van der Waals surface area contributed by atoms with Gasteiger partial charge < -0.3 is 19.1 Å². The van der Waals surface area contributed by atoms with Gasteiger partial charge in [-0.05, 0) is 24.3 Å². The molecule has 0 spiro atoms. The van der Waals surface area contributed by atoms with Crippen LogP contribution in [0.1, 0.15) is 0 Å². The van der Waals surface area contributed by atoms with Crippen molar-refractivity contribution in [3.05, 3.63) is 72.8 Å². The van der Waals surface area contributed by atoms with Gasteiger partial charge in [0, 0.05) is 23.5 Å². The molecule has 0 fully saturated rings. The topological polar surface area (TPSA) is 30.9 Å². The van der Waals surface area contributed by atoms with Gasteiger partial charge in [0.15, 0.2) is 0 Å². The third-order valence-electron chi connectivity index (χ3n) is 3.94. The number of hydrogen-bond donors (Lipinski definition) is 0. The molecule has 0 aliphatic heterocycles. The second-order valence-electron chi connectivity index (χ2n) is 5.39. The molecule has 4 heteroatoms. The number of nitrogens with zero attached hydrogens (tertiary/aromatic N) is 1. The predicted molar refractivity (Wildman–Crippen MR) is 101 cm³/mol. The van der Waals surface area contributed by atoms with Gasteiger partial charge in [-0.1, -0.05) is 36.4 Å². The van der Waals surface area contributed by atoms with Crippen LogP contribution in [0.3, 0.4) is 0 Å². The van der Waals surface area contributed by atoms with Crippen LogP contribution in [-0.2, 0) is 0 Å². The molecule has 0 heterocycles. The van der Waals surface area contributed by atoms with Crippen molar-refractivity contribution in [3.8, 4) is 17.2 Å². The van der Waals surface area contributed by atoms with Gasteiger partial charge >= 0.3 is 0 Å². The summed E-state index contributed by atoms with van der Waals surface area (Å²) in [5, 5.41) is 0. The molecule has 3 aromatic carbocycles. The lowest BCUT2D eigenvalue weighted by atomic mass is 10.1. The Morgan fingerprint density at radius 3 is 1.40 bits per heavy atom. The largest absolute Gasteiger partial charge is 0.496 e. The quantitative estimate of drug-likeness (QED) is 0.621. The number of benzene rings is 3. The summed E-state index contributed by atoms with van der Waals surface area (Å²) >= 11 is 0. The van der Waals surface area contributed by atoms with Crippen LogP contribution in [0.4, 0.5) is 17.1 Å². The third kappa shape index (κ3) is 3.38. The van der Waals surface area contributed by atoms with Gasteiger partial charge in [0.25, 0.3) is 0 Å². The third-order valence-corrected chi connectivity index (χ3v) is 3.94. The second kappa shape index (κ2) is 7.62. The minimum Gasteiger partial charge on any atom is -0.496 e. The molecular formula is C21H21NO3. The van der Waals surface area contributed by atoms with Crippen LogP contribution in [0.15, 0.2) is 72.8 Å². The van der Waals surface area contributed by atoms with Crippen LogP contribution in [0.5, 0.6) is 17.2 Å². The fourth-order valence-corrected chi connectivity index (χ4v) is 2.77. The molecule has 0 saturated heterocycles. The first kappa shape index (κ1) is 16.7. The lowest BCUT2D eigenvalue weighted by Crippen LogP contribution is -2.12. The Balaban J connectivity index is 2.27. The van der Waals surface area contributed by atoms with Crippen molar-refractivity contribution in [2.24, 2.45) is 0 Å². The first-order valence-electron chi connectivity index (χ1n) is 7.98. The smallest absolute Gasteiger partial charge is 0.150 e. The SMILES string of the molecule is COc1cc(OC)c(N(c2ccccc2)c2ccccc2)c(OC)c1. The van der Waals surface area contributed by atoms with Crippen molar-refractivity contribution in [2.75, 3.05) is 26.2 Å². The fraction of sp³-hybridized carbons (Fsp3) is 0.143. The Morgan fingerprint density at radius 1 is 0.600 bits per heavy atom. The molecule has 25 heavy (non-hydrogen) atoms. The summed E-state index contributed by atoms with van der Waals surface area (Å²) in [5.41, 5.74) is 2.84. The van der Waals surface area contributed by atoms with Crippen molar-refractivity contribution in [1.82, 2.24) is 0 Å². The minimum atomic E-state index is 0.670. The van der Waals surface area contributed by atoms with E-state index in [1.807, 2.05) is 48.5 Å². The average molecular weight is 335 g/mol. The standard InChI is InChI=1S/C21H21NO3/c1-23-18-14-19(24-2)21(20(15-18)25-3)22(16-10-6-4-7-11-16)17-12-8-5-9-13-17/h4-15H,1-3H3. The van der Waals surface area contributed by atoms with Crippen molar-refractivity contribution >= 4 is 17.1 Å². The molecule has 0 radical (unpaired) electrons. The van der Waals surface area contributed by atoms with E-state index in [4.69, 9.17) is 14.2 Å². The maximum atomic E-state index is 5.65. The Kier molecular flexibility index (Phi) is 5.09. The van der Waals surface area contributed by atoms with Gasteiger partial charge in [0.1, 0.15) is 22.9 Å². The Labute approximate surface area is 148 Å². The molecule has 0 bridgehead atoms. The molecule has 0 aliphatic rings. The number of rotatable bonds is 6. The number of ether oxygens (including phenoxy) is 3. The molecule has 0 aliphatic carbocycles. The Hall–Kier alpha value is -3.14. The zero-order valence-electron chi connectivity index (χ0n) is 14.6. The van der Waals surface area contributed by atoms with Crippen LogP contribution in [-0.4, -0.2) is 21.3 Å². The van der Waals surface area contributed by atoms with E-state index in [9.17, 15) is 0 Å². The van der Waals surface area contributed by atoms with E-state index in [1.54, 1.807) is 21.3 Å². The summed E-state index contributed by atoms with van der Waals surface area (Å²) in [4.78, 5) is 2.11. The molecule has 3 rings (SSSR count). The highest BCUT2D eigenvalue weighted by Crippen LogP contribution is 2.47. The highest BCUT2D eigenvalue weighted by molar-refractivity contribution is 5.84. The molecular weight excluding hydrogens is 314 g/mol. The molecule has 0 saturated carbocycles. The molecule has 0 unspecified atom stereocenters. The summed E-state index contributed by atoms with van der Waals surface area (Å²) in [6.45, 7) is 0. The zero-order valence-corrected chi connectivity index (χ0v) is 14.6. The lowest BCUT2D eigenvalue weighted by molar-refractivity contribution is 0.377. The number of anilines is 3. The first-order valence-corrected chi connectivity index (χ1v) is 7.98. The maximum absolute atomic E-state index is 5.65. The monoisotopic (exact) mass is 335 g/mol. The van der Waals surface area contributed by atoms with Gasteiger partial charge in [-0.2, -0.15) is 0 Å². The number of para-hydroxylation sites is 2. The zero-order chi connectivity index (χ0) is 17.6. The molecule has 0 aromatic heterocycles. The van der Waals surface area contributed by atoms with E-state index in [2.05, 4.69) is 29.2 Å². The van der Waals surface area contributed by atoms with Crippen molar-refractivity contribution < 1.29 is 14.2 Å². The molecule has 0 atom stereocenters. The Bertz CT molecular complexity index is 755. The first-order chi connectivity index (χ1) is 12.3. The predicted octanol–water partition coefficient (Wildman–Crippen LogP) is 5.18. The van der Waals surface area contributed by atoms with Crippen LogP contribution >= 0.6 is 0 Å². The number of hydrogen-bond acceptors (Lipinski definition) is 4. The minimum absolute atomic E-state index is 0.670. The maximum Gasteiger partial charge on any atom is 0.150 e. The van der Waals surface area contributed by atoms with E-state index < -0.39 is 0 Å². The van der Waals surface area contributed by atoms with Crippen LogP contribution in [0.25, 0.3) is 0 Å². The van der Waals surface area contributed by atoms with E-state index in [-0.39, 0.29) is 0 Å². The van der Waals surface area contributed by atoms with Crippen molar-refractivity contribution in [3.63, 3.8) is 0 Å². The van der Waals surface area contributed by atoms with E-state index in [0.29, 0.717) is 17.2 Å². The molecule has 128 valence electrons. The summed E-state index contributed by atoms with van der Waals surface area (Å²) in [5.74, 6) is 2.02. The normalized spacial score (nSPS) is 10.2. The van der Waals surface area contributed by atoms with Gasteiger partial charge in [0.05, 0.1) is 21.3 Å². The average Bonchev–Trinajstić information content (AvgIpc) is 2.69. The van der Waals surface area contributed by atoms with E-state index in [1.165, 1.54) is 0 Å². The molecule has 4 nitrogen and oxygen atoms in total. The summed E-state index contributed by atoms with van der Waals surface area (Å²) < 4.78 is 16.7. The summed E-state index contributed by atoms with van der Waals surface area (Å²) in [6, 6.07) is 23.9. The van der Waals surface area contributed by atoms with Crippen LogP contribution in [0, 0.1) is 0 Å². The highest BCUT2D eigenvalue weighted by atomic mass is 16.5. The summed E-state index contributed by atoms with van der Waals surface area (Å²) in [7, 11) is 4.91. The van der Waals surface area contributed by atoms with E-state index >= 15 is 0 Å². The molecule has 3 aromatic rings. The molecule has 0 N–H and O–H groups in total. The Morgan fingerprint density at radius 2 is 1.04 bits per heavy atom. The van der Waals surface area contributed by atoms with Gasteiger partial charge in [-0.3, -0.25) is 0 Å². The number of methoxy groups -OCH3 is 3. The lowest BCUT2D eigenvalue weighted by Gasteiger charge is -2.28. The fourth-order valence-electron chi connectivity index (χ4n) is 2.77. The van der Waals surface area contributed by atoms with Crippen LogP contribution in [0.2, 0.25) is 0 Å². The molecule has 0 amide bonds. The van der Waals surface area contributed by atoms with Crippen molar-refractivity contribution in [1.29, 1.82) is 0 Å². The summed E-state index contributed by atoms with van der Waals surface area (Å²) in [6.07, 6.45) is 0. The van der Waals surface area contributed by atoms with Gasteiger partial charge in [-0.15, -0.1) is 0 Å². The van der Waals surface area contributed by atoms with Gasteiger partial charge in [-0.25, -0.2) is 0 Å².